The summed E-state index contributed by atoms with van der Waals surface area (Å²) in [4.78, 5) is 4.47. The zero-order chi connectivity index (χ0) is 17.3. The Labute approximate surface area is 148 Å². The summed E-state index contributed by atoms with van der Waals surface area (Å²) in [5.41, 5.74) is 11.7. The van der Waals surface area contributed by atoms with Crippen molar-refractivity contribution in [1.82, 2.24) is 15.0 Å². The third kappa shape index (κ3) is 3.15. The molecule has 1 aliphatic carbocycles. The van der Waals surface area contributed by atoms with E-state index in [4.69, 9.17) is 5.73 Å². The summed E-state index contributed by atoms with van der Waals surface area (Å²) in [5.74, 6) is 1.24. The number of imidazole rings is 1. The molecule has 2 aliphatic rings. The lowest BCUT2D eigenvalue weighted by atomic mass is 9.77. The lowest BCUT2D eigenvalue weighted by molar-refractivity contribution is 0.226. The third-order valence-electron chi connectivity index (χ3n) is 5.44. The molecule has 132 valence electrons. The third-order valence-corrected chi connectivity index (χ3v) is 5.44. The molecule has 0 saturated heterocycles. The van der Waals surface area contributed by atoms with Crippen LogP contribution in [0.1, 0.15) is 31.5 Å². The van der Waals surface area contributed by atoms with Gasteiger partial charge in [0.15, 0.2) is 5.82 Å². The molecule has 1 atom stereocenters. The maximum absolute atomic E-state index is 6.84. The van der Waals surface area contributed by atoms with Gasteiger partial charge in [-0.2, -0.15) is 0 Å². The highest BCUT2D eigenvalue weighted by Gasteiger charge is 2.39. The molecule has 2 aromatic rings. The molecule has 0 bridgehead atoms. The Kier molecular flexibility index (Phi) is 4.23. The molecule has 0 radical (unpaired) electrons. The second-order valence-electron chi connectivity index (χ2n) is 7.05. The minimum Gasteiger partial charge on any atom is -0.353 e. The lowest BCUT2D eigenvalue weighted by Gasteiger charge is -2.43. The van der Waals surface area contributed by atoms with Gasteiger partial charge < -0.3 is 21.8 Å². The van der Waals surface area contributed by atoms with Gasteiger partial charge in [0.25, 0.3) is 0 Å². The van der Waals surface area contributed by atoms with Crippen molar-refractivity contribution < 1.29 is 0 Å². The van der Waals surface area contributed by atoms with E-state index in [0.717, 1.165) is 42.9 Å². The fourth-order valence-electron chi connectivity index (χ4n) is 3.98. The first-order chi connectivity index (χ1) is 12.2. The van der Waals surface area contributed by atoms with E-state index in [2.05, 4.69) is 27.1 Å². The largest absolute Gasteiger partial charge is 0.353 e. The molecule has 0 spiro atoms. The van der Waals surface area contributed by atoms with Gasteiger partial charge >= 0.3 is 0 Å². The summed E-state index contributed by atoms with van der Waals surface area (Å²) in [6, 6.07) is 10.8. The van der Waals surface area contributed by atoms with Gasteiger partial charge in [-0.1, -0.05) is 18.2 Å². The molecule has 6 nitrogen and oxygen atoms in total. The molecule has 1 aliphatic heterocycles. The minimum absolute atomic E-state index is 0.389. The van der Waals surface area contributed by atoms with Gasteiger partial charge in [-0.25, -0.2) is 9.66 Å². The van der Waals surface area contributed by atoms with E-state index in [9.17, 15) is 0 Å². The molecule has 6 heteroatoms. The predicted molar refractivity (Wildman–Crippen MR) is 101 cm³/mol. The standard InChI is InChI=1S/C19H26N6/c1-21-15-9-7-14(8-10-15)19(20)13-17(18-22-11-12-25(18)24-19)23-16-5-3-2-4-6-16/h2-6,11-15,21,23-24H,7-10,20H2,1H3. The molecule has 2 heterocycles. The van der Waals surface area contributed by atoms with Crippen LogP contribution in [-0.4, -0.2) is 28.4 Å². The normalized spacial score (nSPS) is 28.6. The van der Waals surface area contributed by atoms with Crippen molar-refractivity contribution in [1.29, 1.82) is 0 Å². The number of anilines is 1. The van der Waals surface area contributed by atoms with Crippen molar-refractivity contribution in [3.8, 4) is 0 Å². The van der Waals surface area contributed by atoms with E-state index in [-0.39, 0.29) is 0 Å². The molecule has 1 aromatic heterocycles. The Morgan fingerprint density at radius 3 is 2.68 bits per heavy atom. The van der Waals surface area contributed by atoms with Crippen LogP contribution in [0.25, 0.3) is 5.70 Å². The summed E-state index contributed by atoms with van der Waals surface area (Å²) in [7, 11) is 2.04. The van der Waals surface area contributed by atoms with Crippen molar-refractivity contribution in [3.63, 3.8) is 0 Å². The van der Waals surface area contributed by atoms with E-state index in [1.54, 1.807) is 6.20 Å². The van der Waals surface area contributed by atoms with Crippen molar-refractivity contribution >= 4 is 11.4 Å². The number of nitrogens with two attached hydrogens (primary N) is 1. The molecule has 5 N–H and O–H groups in total. The van der Waals surface area contributed by atoms with Gasteiger partial charge in [-0.3, -0.25) is 0 Å². The summed E-state index contributed by atoms with van der Waals surface area (Å²) in [6.07, 6.45) is 10.4. The zero-order valence-electron chi connectivity index (χ0n) is 14.6. The topological polar surface area (TPSA) is 79.9 Å². The first kappa shape index (κ1) is 16.2. The molecule has 1 fully saturated rings. The summed E-state index contributed by atoms with van der Waals surface area (Å²) in [6.45, 7) is 0. The predicted octanol–water partition coefficient (Wildman–Crippen LogP) is 2.33. The molecular formula is C19H26N6. The molecule has 1 unspecified atom stereocenters. The van der Waals surface area contributed by atoms with Gasteiger partial charge in [0.2, 0.25) is 0 Å². The van der Waals surface area contributed by atoms with Gasteiger partial charge in [-0.05, 0) is 50.9 Å². The van der Waals surface area contributed by atoms with E-state index in [1.807, 2.05) is 48.3 Å². The van der Waals surface area contributed by atoms with E-state index in [0.29, 0.717) is 12.0 Å². The van der Waals surface area contributed by atoms with E-state index in [1.165, 1.54) is 0 Å². The Morgan fingerprint density at radius 2 is 1.96 bits per heavy atom. The number of aromatic nitrogens is 2. The van der Waals surface area contributed by atoms with Gasteiger partial charge in [0, 0.05) is 30.0 Å². The van der Waals surface area contributed by atoms with Crippen molar-refractivity contribution in [2.24, 2.45) is 11.7 Å². The lowest BCUT2D eigenvalue weighted by Crippen LogP contribution is -2.59. The molecule has 1 saturated carbocycles. The molecule has 1 aromatic carbocycles. The Balaban J connectivity index is 1.62. The highest BCUT2D eigenvalue weighted by molar-refractivity contribution is 5.76. The quantitative estimate of drug-likeness (QED) is 0.688. The number of hydrogen-bond acceptors (Lipinski definition) is 5. The Bertz CT molecular complexity index is 744. The zero-order valence-corrected chi connectivity index (χ0v) is 14.6. The fourth-order valence-corrected chi connectivity index (χ4v) is 3.98. The summed E-state index contributed by atoms with van der Waals surface area (Å²) >= 11 is 0. The highest BCUT2D eigenvalue weighted by Crippen LogP contribution is 2.35. The van der Waals surface area contributed by atoms with Crippen LogP contribution in [0, 0.1) is 5.92 Å². The molecule has 4 rings (SSSR count). The smallest absolute Gasteiger partial charge is 0.174 e. The number of para-hydroxylation sites is 1. The number of benzene rings is 1. The maximum Gasteiger partial charge on any atom is 0.174 e. The highest BCUT2D eigenvalue weighted by atomic mass is 15.5. The van der Waals surface area contributed by atoms with Crippen LogP contribution in [0.15, 0.2) is 48.8 Å². The monoisotopic (exact) mass is 338 g/mol. The Hall–Kier alpha value is -2.31. The number of rotatable bonds is 4. The second kappa shape index (κ2) is 6.54. The summed E-state index contributed by atoms with van der Waals surface area (Å²) in [5, 5.41) is 6.87. The average Bonchev–Trinajstić information content (AvgIpc) is 3.11. The van der Waals surface area contributed by atoms with Gasteiger partial charge in [0.05, 0.1) is 5.70 Å². The number of hydrogen-bond donors (Lipinski definition) is 4. The van der Waals surface area contributed by atoms with Crippen LogP contribution in [0.5, 0.6) is 0 Å². The summed E-state index contributed by atoms with van der Waals surface area (Å²) < 4.78 is 1.94. The number of nitrogens with zero attached hydrogens (tertiary/aromatic N) is 2. The van der Waals surface area contributed by atoms with Crippen molar-refractivity contribution in [2.45, 2.75) is 37.4 Å². The molecular weight excluding hydrogens is 312 g/mol. The van der Waals surface area contributed by atoms with E-state index < -0.39 is 5.66 Å². The van der Waals surface area contributed by atoms with Crippen LogP contribution >= 0.6 is 0 Å². The van der Waals surface area contributed by atoms with Crippen LogP contribution < -0.4 is 21.8 Å². The van der Waals surface area contributed by atoms with Crippen LogP contribution in [-0.2, 0) is 0 Å². The minimum atomic E-state index is -0.580. The fraction of sp³-hybridized carbons (Fsp3) is 0.421. The van der Waals surface area contributed by atoms with Crippen LogP contribution in [0.4, 0.5) is 5.69 Å². The second-order valence-corrected chi connectivity index (χ2v) is 7.05. The number of nitrogens with one attached hydrogen (secondary N) is 3. The maximum atomic E-state index is 6.84. The van der Waals surface area contributed by atoms with Gasteiger partial charge in [-0.15, -0.1) is 0 Å². The average molecular weight is 338 g/mol. The first-order valence-corrected chi connectivity index (χ1v) is 9.01. The van der Waals surface area contributed by atoms with E-state index >= 15 is 0 Å². The molecule has 0 amide bonds. The van der Waals surface area contributed by atoms with Crippen molar-refractivity contribution in [2.75, 3.05) is 17.8 Å². The molecule has 25 heavy (non-hydrogen) atoms. The van der Waals surface area contributed by atoms with Crippen molar-refractivity contribution in [3.05, 3.63) is 54.6 Å². The number of fused-ring (bicyclic) bond motifs is 1. The Morgan fingerprint density at radius 1 is 1.20 bits per heavy atom. The first-order valence-electron chi connectivity index (χ1n) is 9.01. The van der Waals surface area contributed by atoms with Crippen LogP contribution in [0.3, 0.4) is 0 Å². The van der Waals surface area contributed by atoms with Crippen LogP contribution in [0.2, 0.25) is 0 Å². The SMILES string of the molecule is CNC1CCC(C2(N)C=C(Nc3ccccc3)c3nccn3N2)CC1. The van der Waals surface area contributed by atoms with Gasteiger partial charge in [0.1, 0.15) is 5.66 Å².